The van der Waals surface area contributed by atoms with Gasteiger partial charge in [0.2, 0.25) is 5.78 Å². The molecule has 0 unspecified atom stereocenters. The monoisotopic (exact) mass is 402 g/mol. The summed E-state index contributed by atoms with van der Waals surface area (Å²) in [6, 6.07) is 0. The smallest absolute Gasteiger partial charge is 0.305 e. The summed E-state index contributed by atoms with van der Waals surface area (Å²) in [4.78, 5) is 35.0. The molecule has 1 rings (SSSR count). The second-order valence-corrected chi connectivity index (χ2v) is 7.45. The first kappa shape index (κ1) is 24.4. The van der Waals surface area contributed by atoms with E-state index in [9.17, 15) is 28.3 Å². The van der Waals surface area contributed by atoms with E-state index in [0.29, 0.717) is 32.1 Å². The summed E-state index contributed by atoms with van der Waals surface area (Å²) in [6.07, 6.45) is 5.00. The van der Waals surface area contributed by atoms with E-state index in [4.69, 9.17) is 0 Å². The molecule has 1 N–H and O–H groups in total. The molecule has 0 aromatic carbocycles. The number of hydrogen-bond acceptors (Lipinski definition) is 5. The Morgan fingerprint density at radius 1 is 1.25 bits per heavy atom. The van der Waals surface area contributed by atoms with E-state index in [2.05, 4.69) is 4.74 Å². The van der Waals surface area contributed by atoms with Crippen LogP contribution in [0.15, 0.2) is 12.2 Å². The highest BCUT2D eigenvalue weighted by Gasteiger charge is 2.43. The van der Waals surface area contributed by atoms with Crippen LogP contribution in [-0.2, 0) is 19.1 Å². The molecular formula is C21H32F2O5. The Hall–Kier alpha value is -1.63. The number of allylic oxidation sites excluding steroid dienone is 2. The Bertz CT molecular complexity index is 559. The minimum Gasteiger partial charge on any atom is -0.469 e. The number of carbonyl (C=O) groups is 3. The van der Waals surface area contributed by atoms with Crippen LogP contribution in [0, 0.1) is 11.8 Å². The molecule has 0 spiro atoms. The molecule has 0 bridgehead atoms. The first-order valence-electron chi connectivity index (χ1n) is 10.1. The third-order valence-electron chi connectivity index (χ3n) is 5.33. The molecule has 3 atom stereocenters. The van der Waals surface area contributed by atoms with Crippen LogP contribution in [0.5, 0.6) is 0 Å². The van der Waals surface area contributed by atoms with Crippen molar-refractivity contribution in [1.82, 2.24) is 0 Å². The van der Waals surface area contributed by atoms with Crippen molar-refractivity contribution in [2.75, 3.05) is 7.11 Å². The standard InChI is InChI=1S/C21H32F2O5/c1-3-4-13-21(22,23)19(26)12-11-16-15(17(24)14-18(16)25)9-7-5-6-8-10-20(27)28-2/h5,7,15-16,18,25H,3-4,6,8-14H2,1-2H3/b7-5-/t15-,16-,18-/m1/s1. The number of Topliss-reactive ketones (excluding diaryl/α,β-unsaturated/α-hetero) is 2. The average Bonchev–Trinajstić information content (AvgIpc) is 2.93. The molecule has 5 nitrogen and oxygen atoms in total. The van der Waals surface area contributed by atoms with Gasteiger partial charge in [0.15, 0.2) is 0 Å². The number of halogens is 2. The topological polar surface area (TPSA) is 80.7 Å². The number of rotatable bonds is 13. The van der Waals surface area contributed by atoms with Crippen LogP contribution >= 0.6 is 0 Å². The van der Waals surface area contributed by atoms with Gasteiger partial charge in [0.1, 0.15) is 5.78 Å². The van der Waals surface area contributed by atoms with Crippen molar-refractivity contribution in [3.8, 4) is 0 Å². The number of carbonyl (C=O) groups excluding carboxylic acids is 3. The molecule has 0 heterocycles. The van der Waals surface area contributed by atoms with Gasteiger partial charge in [-0.05, 0) is 38.0 Å². The van der Waals surface area contributed by atoms with Crippen molar-refractivity contribution in [3.05, 3.63) is 12.2 Å². The maximum absolute atomic E-state index is 13.8. The fourth-order valence-corrected chi connectivity index (χ4v) is 3.56. The van der Waals surface area contributed by atoms with Crippen LogP contribution < -0.4 is 0 Å². The highest BCUT2D eigenvalue weighted by molar-refractivity contribution is 5.86. The zero-order valence-corrected chi connectivity index (χ0v) is 16.8. The molecular weight excluding hydrogens is 370 g/mol. The van der Waals surface area contributed by atoms with Crippen LogP contribution in [0.3, 0.4) is 0 Å². The number of hydrogen-bond donors (Lipinski definition) is 1. The lowest BCUT2D eigenvalue weighted by atomic mass is 9.86. The third-order valence-corrected chi connectivity index (χ3v) is 5.33. The molecule has 0 aliphatic heterocycles. The average molecular weight is 402 g/mol. The van der Waals surface area contributed by atoms with Gasteiger partial charge >= 0.3 is 11.9 Å². The fraction of sp³-hybridized carbons (Fsp3) is 0.762. The lowest BCUT2D eigenvalue weighted by Gasteiger charge is -2.21. The first-order chi connectivity index (χ1) is 13.2. The summed E-state index contributed by atoms with van der Waals surface area (Å²) in [5.74, 6) is -5.74. The van der Waals surface area contributed by atoms with Gasteiger partial charge in [0, 0.05) is 31.6 Å². The molecule has 0 saturated heterocycles. The lowest BCUT2D eigenvalue weighted by Crippen LogP contribution is -2.30. The fourth-order valence-electron chi connectivity index (χ4n) is 3.56. The van der Waals surface area contributed by atoms with E-state index in [0.717, 1.165) is 0 Å². The summed E-state index contributed by atoms with van der Waals surface area (Å²) in [6.45, 7) is 1.79. The quantitative estimate of drug-likeness (QED) is 0.286. The van der Waals surface area contributed by atoms with Crippen molar-refractivity contribution in [2.45, 2.75) is 83.2 Å². The molecule has 0 radical (unpaired) electrons. The van der Waals surface area contributed by atoms with E-state index < -0.39 is 36.1 Å². The van der Waals surface area contributed by atoms with E-state index in [1.54, 1.807) is 6.92 Å². The summed E-state index contributed by atoms with van der Waals surface area (Å²) in [5.41, 5.74) is 0. The number of methoxy groups -OCH3 is 1. The summed E-state index contributed by atoms with van der Waals surface area (Å²) < 4.78 is 32.2. The Kier molecular flexibility index (Phi) is 10.5. The summed E-state index contributed by atoms with van der Waals surface area (Å²) in [7, 11) is 1.33. The zero-order valence-electron chi connectivity index (χ0n) is 16.8. The molecule has 1 saturated carbocycles. The number of ketones is 2. The predicted octanol–water partition coefficient (Wildman–Crippen LogP) is 4.02. The van der Waals surface area contributed by atoms with Gasteiger partial charge in [0.05, 0.1) is 13.2 Å². The maximum atomic E-state index is 13.8. The van der Waals surface area contributed by atoms with Crippen molar-refractivity contribution < 1.29 is 33.0 Å². The molecule has 160 valence electrons. The zero-order chi connectivity index (χ0) is 21.2. The molecule has 1 aliphatic rings. The van der Waals surface area contributed by atoms with Crippen molar-refractivity contribution in [2.24, 2.45) is 11.8 Å². The Morgan fingerprint density at radius 3 is 2.61 bits per heavy atom. The summed E-state index contributed by atoms with van der Waals surface area (Å²) >= 11 is 0. The maximum Gasteiger partial charge on any atom is 0.305 e. The van der Waals surface area contributed by atoms with Gasteiger partial charge in [0.25, 0.3) is 0 Å². The lowest BCUT2D eigenvalue weighted by molar-refractivity contribution is -0.144. The first-order valence-corrected chi connectivity index (χ1v) is 10.1. The normalized spacial score (nSPS) is 22.8. The van der Waals surface area contributed by atoms with Crippen LogP contribution in [0.2, 0.25) is 0 Å². The number of alkyl halides is 2. The molecule has 1 fully saturated rings. The molecule has 7 heteroatoms. The highest BCUT2D eigenvalue weighted by atomic mass is 19.3. The molecule has 0 aromatic rings. The second kappa shape index (κ2) is 12.0. The number of unbranched alkanes of at least 4 members (excludes halogenated alkanes) is 2. The summed E-state index contributed by atoms with van der Waals surface area (Å²) in [5, 5.41) is 10.1. The van der Waals surface area contributed by atoms with E-state index in [-0.39, 0.29) is 37.4 Å². The van der Waals surface area contributed by atoms with Gasteiger partial charge in [-0.2, -0.15) is 8.78 Å². The van der Waals surface area contributed by atoms with E-state index >= 15 is 0 Å². The van der Waals surface area contributed by atoms with Crippen LogP contribution in [0.25, 0.3) is 0 Å². The largest absolute Gasteiger partial charge is 0.469 e. The van der Waals surface area contributed by atoms with Gasteiger partial charge in [-0.1, -0.05) is 25.5 Å². The number of aliphatic hydroxyl groups is 1. The van der Waals surface area contributed by atoms with Crippen molar-refractivity contribution in [1.29, 1.82) is 0 Å². The predicted molar refractivity (Wildman–Crippen MR) is 101 cm³/mol. The van der Waals surface area contributed by atoms with Gasteiger partial charge in [-0.15, -0.1) is 0 Å². The minimum absolute atomic E-state index is 0.00588. The Labute approximate surface area is 165 Å². The molecule has 0 amide bonds. The molecule has 1 aliphatic carbocycles. The molecule has 28 heavy (non-hydrogen) atoms. The number of ether oxygens (including phenoxy) is 1. The molecule has 0 aromatic heterocycles. The third kappa shape index (κ3) is 7.78. The van der Waals surface area contributed by atoms with E-state index in [1.807, 2.05) is 12.2 Å². The van der Waals surface area contributed by atoms with Gasteiger partial charge in [-0.25, -0.2) is 0 Å². The van der Waals surface area contributed by atoms with Crippen molar-refractivity contribution >= 4 is 17.5 Å². The SMILES string of the molecule is CCCCC(F)(F)C(=O)CC[C@H]1[C@H](O)CC(=O)[C@@H]1C/C=C\CCCC(=O)OC. The Morgan fingerprint density at radius 2 is 1.96 bits per heavy atom. The van der Waals surface area contributed by atoms with E-state index in [1.165, 1.54) is 7.11 Å². The minimum atomic E-state index is -3.33. The van der Waals surface area contributed by atoms with Crippen LogP contribution in [-0.4, -0.2) is 41.8 Å². The van der Waals surface area contributed by atoms with Crippen molar-refractivity contribution in [3.63, 3.8) is 0 Å². The highest BCUT2D eigenvalue weighted by Crippen LogP contribution is 2.36. The van der Waals surface area contributed by atoms with Gasteiger partial charge < -0.3 is 9.84 Å². The van der Waals surface area contributed by atoms with Crippen LogP contribution in [0.1, 0.15) is 71.1 Å². The van der Waals surface area contributed by atoms with Gasteiger partial charge in [-0.3, -0.25) is 14.4 Å². The number of esters is 1. The Balaban J connectivity index is 2.51. The van der Waals surface area contributed by atoms with Crippen LogP contribution in [0.4, 0.5) is 8.78 Å². The second-order valence-electron chi connectivity index (χ2n) is 7.45. The number of aliphatic hydroxyl groups excluding tert-OH is 1.